The highest BCUT2D eigenvalue weighted by molar-refractivity contribution is 4.92. The fourth-order valence-corrected chi connectivity index (χ4v) is 3.27. The highest BCUT2D eigenvalue weighted by Gasteiger charge is 2.35. The molecule has 0 atom stereocenters. The summed E-state index contributed by atoms with van der Waals surface area (Å²) in [5, 5.41) is 0. The first-order chi connectivity index (χ1) is 8.49. The Labute approximate surface area is 113 Å². The third kappa shape index (κ3) is 3.06. The first kappa shape index (κ1) is 14.3. The molecule has 2 saturated heterocycles. The van der Waals surface area contributed by atoms with Crippen molar-refractivity contribution in [3.8, 4) is 0 Å². The van der Waals surface area contributed by atoms with Crippen LogP contribution in [-0.4, -0.2) is 72.1 Å². The summed E-state index contributed by atoms with van der Waals surface area (Å²) < 4.78 is 0. The molecule has 18 heavy (non-hydrogen) atoms. The Morgan fingerprint density at radius 3 is 1.78 bits per heavy atom. The quantitative estimate of drug-likeness (QED) is 0.757. The van der Waals surface area contributed by atoms with E-state index in [1.165, 1.54) is 39.0 Å². The average molecular weight is 253 g/mol. The summed E-state index contributed by atoms with van der Waals surface area (Å²) in [6.07, 6.45) is 2.71. The molecular formula is C15H31N3. The summed E-state index contributed by atoms with van der Waals surface area (Å²) >= 11 is 0. The molecule has 2 fully saturated rings. The number of rotatable bonds is 4. The van der Waals surface area contributed by atoms with Crippen LogP contribution in [0.25, 0.3) is 0 Å². The molecule has 0 aromatic carbocycles. The molecule has 2 heterocycles. The lowest BCUT2D eigenvalue weighted by molar-refractivity contribution is -0.0102. The molecule has 0 radical (unpaired) electrons. The number of nitrogens with zero attached hydrogens (tertiary/aromatic N) is 3. The van der Waals surface area contributed by atoms with Gasteiger partial charge in [0.2, 0.25) is 0 Å². The molecule has 0 aliphatic carbocycles. The monoisotopic (exact) mass is 253 g/mol. The van der Waals surface area contributed by atoms with Gasteiger partial charge in [0.25, 0.3) is 0 Å². The van der Waals surface area contributed by atoms with Crippen molar-refractivity contribution in [1.82, 2.24) is 14.7 Å². The van der Waals surface area contributed by atoms with E-state index >= 15 is 0 Å². The Morgan fingerprint density at radius 1 is 0.833 bits per heavy atom. The Morgan fingerprint density at radius 2 is 1.33 bits per heavy atom. The molecule has 106 valence electrons. The molecule has 0 aromatic rings. The van der Waals surface area contributed by atoms with Gasteiger partial charge < -0.3 is 4.90 Å². The zero-order valence-electron chi connectivity index (χ0n) is 12.9. The van der Waals surface area contributed by atoms with E-state index in [4.69, 9.17) is 0 Å². The van der Waals surface area contributed by atoms with Crippen molar-refractivity contribution in [3.05, 3.63) is 0 Å². The van der Waals surface area contributed by atoms with Crippen LogP contribution in [0.1, 0.15) is 40.5 Å². The predicted octanol–water partition coefficient (Wildman–Crippen LogP) is 1.88. The number of piperidine rings is 1. The van der Waals surface area contributed by atoms with E-state index in [0.29, 0.717) is 0 Å². The van der Waals surface area contributed by atoms with E-state index in [9.17, 15) is 0 Å². The predicted molar refractivity (Wildman–Crippen MR) is 78.0 cm³/mol. The summed E-state index contributed by atoms with van der Waals surface area (Å²) in [4.78, 5) is 7.85. The van der Waals surface area contributed by atoms with Crippen molar-refractivity contribution in [2.24, 2.45) is 0 Å². The van der Waals surface area contributed by atoms with E-state index in [1.54, 1.807) is 0 Å². The molecule has 0 bridgehead atoms. The molecule has 2 rings (SSSR count). The number of hydrogen-bond acceptors (Lipinski definition) is 3. The van der Waals surface area contributed by atoms with E-state index < -0.39 is 0 Å². The average Bonchev–Trinajstić information content (AvgIpc) is 2.26. The van der Waals surface area contributed by atoms with Crippen LogP contribution in [0.2, 0.25) is 0 Å². The van der Waals surface area contributed by atoms with E-state index in [2.05, 4.69) is 49.4 Å². The van der Waals surface area contributed by atoms with Gasteiger partial charge in [-0.05, 0) is 60.7 Å². The van der Waals surface area contributed by atoms with Gasteiger partial charge in [0, 0.05) is 37.3 Å². The standard InChI is InChI=1S/C15H31N3/c1-12(2)17-8-6-14(7-9-17)16(5)15-10-18(11-15)13(3)4/h12-15H,6-11H2,1-5H3. The number of likely N-dealkylation sites (N-methyl/N-ethyl adjacent to an activating group) is 1. The lowest BCUT2D eigenvalue weighted by Crippen LogP contribution is -2.63. The smallest absolute Gasteiger partial charge is 0.0350 e. The molecule has 0 aromatic heterocycles. The van der Waals surface area contributed by atoms with Crippen LogP contribution in [0.3, 0.4) is 0 Å². The molecule has 3 nitrogen and oxygen atoms in total. The van der Waals surface area contributed by atoms with Gasteiger partial charge in [0.05, 0.1) is 0 Å². The molecule has 0 unspecified atom stereocenters. The van der Waals surface area contributed by atoms with Crippen LogP contribution in [0.4, 0.5) is 0 Å². The van der Waals surface area contributed by atoms with Gasteiger partial charge in [0.1, 0.15) is 0 Å². The topological polar surface area (TPSA) is 9.72 Å². The fourth-order valence-electron chi connectivity index (χ4n) is 3.27. The van der Waals surface area contributed by atoms with Crippen LogP contribution >= 0.6 is 0 Å². The first-order valence-corrected chi connectivity index (χ1v) is 7.69. The number of hydrogen-bond donors (Lipinski definition) is 0. The zero-order chi connectivity index (χ0) is 13.3. The lowest BCUT2D eigenvalue weighted by atomic mass is 9.97. The number of likely N-dealkylation sites (tertiary alicyclic amines) is 2. The van der Waals surface area contributed by atoms with E-state index in [0.717, 1.165) is 24.2 Å². The third-order valence-electron chi connectivity index (χ3n) is 5.00. The highest BCUT2D eigenvalue weighted by Crippen LogP contribution is 2.23. The normalized spacial score (nSPS) is 25.3. The van der Waals surface area contributed by atoms with E-state index in [1.807, 2.05) is 0 Å². The van der Waals surface area contributed by atoms with Crippen molar-refractivity contribution >= 4 is 0 Å². The summed E-state index contributed by atoms with van der Waals surface area (Å²) in [6, 6.07) is 3.07. The SMILES string of the molecule is CC(C)N1CCC(N(C)C2CN(C(C)C)C2)CC1. The third-order valence-corrected chi connectivity index (χ3v) is 5.00. The Bertz CT molecular complexity index is 250. The lowest BCUT2D eigenvalue weighted by Gasteiger charge is -2.50. The van der Waals surface area contributed by atoms with Gasteiger partial charge in [0.15, 0.2) is 0 Å². The summed E-state index contributed by atoms with van der Waals surface area (Å²) in [5.74, 6) is 0. The molecule has 3 heteroatoms. The van der Waals surface area contributed by atoms with Crippen molar-refractivity contribution in [1.29, 1.82) is 0 Å². The summed E-state index contributed by atoms with van der Waals surface area (Å²) in [5.41, 5.74) is 0. The Hall–Kier alpha value is -0.120. The van der Waals surface area contributed by atoms with Gasteiger partial charge in [-0.25, -0.2) is 0 Å². The maximum atomic E-state index is 2.66. The second-order valence-electron chi connectivity index (χ2n) is 6.73. The molecule has 0 saturated carbocycles. The highest BCUT2D eigenvalue weighted by atomic mass is 15.3. The molecule has 0 spiro atoms. The zero-order valence-corrected chi connectivity index (χ0v) is 12.9. The largest absolute Gasteiger partial charge is 0.301 e. The fraction of sp³-hybridized carbons (Fsp3) is 1.00. The van der Waals surface area contributed by atoms with Crippen LogP contribution in [0.15, 0.2) is 0 Å². The minimum atomic E-state index is 0.719. The van der Waals surface area contributed by atoms with Gasteiger partial charge in [-0.2, -0.15) is 0 Å². The van der Waals surface area contributed by atoms with Crippen molar-refractivity contribution in [3.63, 3.8) is 0 Å². The van der Waals surface area contributed by atoms with Gasteiger partial charge in [-0.15, -0.1) is 0 Å². The van der Waals surface area contributed by atoms with Gasteiger partial charge >= 0.3 is 0 Å². The first-order valence-electron chi connectivity index (χ1n) is 7.69. The second kappa shape index (κ2) is 5.89. The Kier molecular flexibility index (Phi) is 4.68. The second-order valence-corrected chi connectivity index (χ2v) is 6.73. The molecule has 2 aliphatic heterocycles. The van der Waals surface area contributed by atoms with E-state index in [-0.39, 0.29) is 0 Å². The molecule has 0 amide bonds. The molecule has 0 N–H and O–H groups in total. The van der Waals surface area contributed by atoms with Gasteiger partial charge in [-0.1, -0.05) is 0 Å². The van der Waals surface area contributed by atoms with Gasteiger partial charge in [-0.3, -0.25) is 9.80 Å². The van der Waals surface area contributed by atoms with Crippen LogP contribution in [0.5, 0.6) is 0 Å². The van der Waals surface area contributed by atoms with Crippen molar-refractivity contribution < 1.29 is 0 Å². The maximum absolute atomic E-state index is 2.66. The summed E-state index contributed by atoms with van der Waals surface area (Å²) in [7, 11) is 2.35. The minimum absolute atomic E-state index is 0.719. The van der Waals surface area contributed by atoms with Crippen molar-refractivity contribution in [2.75, 3.05) is 33.2 Å². The molecular weight excluding hydrogens is 222 g/mol. The maximum Gasteiger partial charge on any atom is 0.0350 e. The van der Waals surface area contributed by atoms with Crippen LogP contribution < -0.4 is 0 Å². The minimum Gasteiger partial charge on any atom is -0.301 e. The van der Waals surface area contributed by atoms with Crippen LogP contribution in [0, 0.1) is 0 Å². The summed E-state index contributed by atoms with van der Waals surface area (Å²) in [6.45, 7) is 14.4. The van der Waals surface area contributed by atoms with Crippen molar-refractivity contribution in [2.45, 2.75) is 64.7 Å². The molecule has 2 aliphatic rings. The van der Waals surface area contributed by atoms with Crippen LogP contribution in [-0.2, 0) is 0 Å². The Balaban J connectivity index is 1.74.